The van der Waals surface area contributed by atoms with Crippen LogP contribution in [0.25, 0.3) is 0 Å². The van der Waals surface area contributed by atoms with E-state index >= 15 is 0 Å². The first-order valence-corrected chi connectivity index (χ1v) is 5.31. The SMILES string of the molecule is CC1CC(OCS(N)(=O)=O)C1. The quantitative estimate of drug-likeness (QED) is 0.665. The van der Waals surface area contributed by atoms with Crippen molar-refractivity contribution >= 4 is 10.0 Å². The minimum Gasteiger partial charge on any atom is -0.361 e. The Bertz CT molecular complexity index is 218. The average Bonchev–Trinajstić information content (AvgIpc) is 1.75. The van der Waals surface area contributed by atoms with Crippen molar-refractivity contribution in [3.05, 3.63) is 0 Å². The highest BCUT2D eigenvalue weighted by molar-refractivity contribution is 7.88. The fourth-order valence-corrected chi connectivity index (χ4v) is 1.54. The lowest BCUT2D eigenvalue weighted by Gasteiger charge is -2.31. The predicted octanol–water partition coefficient (Wildman–Crippen LogP) is 0.0475. The number of hydrogen-bond acceptors (Lipinski definition) is 3. The standard InChI is InChI=1S/C6H13NO3S/c1-5-2-6(3-5)10-4-11(7,8)9/h5-6H,2-4H2,1H3,(H2,7,8,9). The van der Waals surface area contributed by atoms with Gasteiger partial charge in [-0.15, -0.1) is 0 Å². The zero-order valence-corrected chi connectivity index (χ0v) is 7.30. The van der Waals surface area contributed by atoms with E-state index in [-0.39, 0.29) is 12.0 Å². The largest absolute Gasteiger partial charge is 0.361 e. The summed E-state index contributed by atoms with van der Waals surface area (Å²) in [5.41, 5.74) is 0. The monoisotopic (exact) mass is 179 g/mol. The minimum absolute atomic E-state index is 0.114. The van der Waals surface area contributed by atoms with Gasteiger partial charge in [-0.2, -0.15) is 0 Å². The molecule has 0 radical (unpaired) electrons. The Morgan fingerprint density at radius 3 is 2.45 bits per heavy atom. The van der Waals surface area contributed by atoms with Crippen molar-refractivity contribution in [1.29, 1.82) is 0 Å². The van der Waals surface area contributed by atoms with E-state index in [1.54, 1.807) is 0 Å². The van der Waals surface area contributed by atoms with Crippen LogP contribution in [-0.4, -0.2) is 20.5 Å². The van der Waals surface area contributed by atoms with Gasteiger partial charge < -0.3 is 4.74 Å². The second-order valence-electron chi connectivity index (χ2n) is 3.15. The van der Waals surface area contributed by atoms with E-state index in [9.17, 15) is 8.42 Å². The Morgan fingerprint density at radius 2 is 2.09 bits per heavy atom. The molecule has 0 amide bonds. The number of nitrogens with two attached hydrogens (primary N) is 1. The summed E-state index contributed by atoms with van der Waals surface area (Å²) in [6.07, 6.45) is 2.02. The molecule has 0 atom stereocenters. The second-order valence-corrected chi connectivity index (χ2v) is 4.71. The summed E-state index contributed by atoms with van der Waals surface area (Å²) in [5, 5.41) is 4.74. The van der Waals surface area contributed by atoms with Gasteiger partial charge in [-0.05, 0) is 18.8 Å². The summed E-state index contributed by atoms with van der Waals surface area (Å²) in [5.74, 6) is 0.324. The zero-order chi connectivity index (χ0) is 8.48. The maximum Gasteiger partial charge on any atom is 0.233 e. The smallest absolute Gasteiger partial charge is 0.233 e. The highest BCUT2D eigenvalue weighted by Gasteiger charge is 2.26. The first-order valence-electron chi connectivity index (χ1n) is 3.59. The molecule has 1 saturated carbocycles. The molecule has 4 nitrogen and oxygen atoms in total. The molecule has 1 rings (SSSR count). The van der Waals surface area contributed by atoms with E-state index in [2.05, 4.69) is 6.92 Å². The lowest BCUT2D eigenvalue weighted by atomic mass is 9.84. The van der Waals surface area contributed by atoms with E-state index in [0.717, 1.165) is 12.8 Å². The molecule has 0 heterocycles. The molecule has 0 unspecified atom stereocenters. The van der Waals surface area contributed by atoms with Crippen molar-refractivity contribution in [2.75, 3.05) is 5.94 Å². The molecule has 0 spiro atoms. The van der Waals surface area contributed by atoms with E-state index in [1.807, 2.05) is 0 Å². The molecule has 1 aliphatic rings. The zero-order valence-electron chi connectivity index (χ0n) is 6.49. The lowest BCUT2D eigenvalue weighted by molar-refractivity contribution is -0.00329. The number of hydrogen-bond donors (Lipinski definition) is 1. The molecule has 0 saturated heterocycles. The number of ether oxygens (including phenoxy) is 1. The molecular formula is C6H13NO3S. The molecule has 2 N–H and O–H groups in total. The van der Waals surface area contributed by atoms with Gasteiger partial charge in [0.25, 0.3) is 0 Å². The number of primary sulfonamides is 1. The van der Waals surface area contributed by atoms with Crippen LogP contribution in [0.3, 0.4) is 0 Å². The molecule has 0 aromatic rings. The third kappa shape index (κ3) is 3.18. The van der Waals surface area contributed by atoms with Crippen LogP contribution in [0.4, 0.5) is 0 Å². The first kappa shape index (κ1) is 8.96. The summed E-state index contributed by atoms with van der Waals surface area (Å²) >= 11 is 0. The molecular weight excluding hydrogens is 166 g/mol. The second kappa shape index (κ2) is 3.08. The van der Waals surface area contributed by atoms with Gasteiger partial charge in [0.15, 0.2) is 5.94 Å². The van der Waals surface area contributed by atoms with Crippen LogP contribution >= 0.6 is 0 Å². The summed E-state index contributed by atoms with van der Waals surface area (Å²) in [4.78, 5) is 0. The van der Waals surface area contributed by atoms with Crippen molar-refractivity contribution in [1.82, 2.24) is 0 Å². The molecule has 0 aromatic carbocycles. The Labute approximate surface area is 66.8 Å². The van der Waals surface area contributed by atoms with Gasteiger partial charge in [0.1, 0.15) is 0 Å². The summed E-state index contributed by atoms with van der Waals surface area (Å²) < 4.78 is 25.8. The third-order valence-corrected chi connectivity index (χ3v) is 2.26. The number of rotatable bonds is 3. The summed E-state index contributed by atoms with van der Waals surface area (Å²) in [7, 11) is -3.44. The Morgan fingerprint density at radius 1 is 1.55 bits per heavy atom. The number of sulfonamides is 1. The van der Waals surface area contributed by atoms with E-state index in [1.165, 1.54) is 0 Å². The first-order chi connectivity index (χ1) is 4.97. The third-order valence-electron chi connectivity index (χ3n) is 1.80. The van der Waals surface area contributed by atoms with Gasteiger partial charge in [-0.1, -0.05) is 6.92 Å². The Balaban J connectivity index is 2.15. The molecule has 0 aliphatic heterocycles. The molecule has 0 bridgehead atoms. The minimum atomic E-state index is -3.44. The Hall–Kier alpha value is -0.130. The molecule has 5 heteroatoms. The highest BCUT2D eigenvalue weighted by Crippen LogP contribution is 2.28. The van der Waals surface area contributed by atoms with E-state index < -0.39 is 10.0 Å². The Kier molecular flexibility index (Phi) is 2.51. The van der Waals surface area contributed by atoms with Crippen LogP contribution in [0, 0.1) is 5.92 Å². The topological polar surface area (TPSA) is 69.4 Å². The van der Waals surface area contributed by atoms with Gasteiger partial charge in [0.2, 0.25) is 10.0 Å². The van der Waals surface area contributed by atoms with Crippen LogP contribution < -0.4 is 5.14 Å². The normalized spacial score (nSPS) is 31.5. The van der Waals surface area contributed by atoms with Crippen LogP contribution in [-0.2, 0) is 14.8 Å². The molecule has 1 aliphatic carbocycles. The molecule has 66 valence electrons. The summed E-state index contributed by atoms with van der Waals surface area (Å²) in [6, 6.07) is 0. The maximum atomic E-state index is 10.4. The van der Waals surface area contributed by atoms with Crippen molar-refractivity contribution in [2.24, 2.45) is 11.1 Å². The van der Waals surface area contributed by atoms with Crippen molar-refractivity contribution in [2.45, 2.75) is 25.9 Å². The van der Waals surface area contributed by atoms with Crippen LogP contribution in [0.5, 0.6) is 0 Å². The van der Waals surface area contributed by atoms with Crippen molar-refractivity contribution in [3.8, 4) is 0 Å². The predicted molar refractivity (Wildman–Crippen MR) is 41.2 cm³/mol. The highest BCUT2D eigenvalue weighted by atomic mass is 32.2. The van der Waals surface area contributed by atoms with Gasteiger partial charge in [-0.3, -0.25) is 0 Å². The lowest BCUT2D eigenvalue weighted by Crippen LogP contribution is -2.32. The average molecular weight is 179 g/mol. The van der Waals surface area contributed by atoms with Crippen LogP contribution in [0.1, 0.15) is 19.8 Å². The van der Waals surface area contributed by atoms with Gasteiger partial charge in [-0.25, -0.2) is 13.6 Å². The fraction of sp³-hybridized carbons (Fsp3) is 1.00. The summed E-state index contributed by atoms with van der Waals surface area (Å²) in [6.45, 7) is 2.11. The van der Waals surface area contributed by atoms with Crippen molar-refractivity contribution in [3.63, 3.8) is 0 Å². The van der Waals surface area contributed by atoms with Gasteiger partial charge >= 0.3 is 0 Å². The van der Waals surface area contributed by atoms with Gasteiger partial charge in [0, 0.05) is 0 Å². The van der Waals surface area contributed by atoms with E-state index in [4.69, 9.17) is 9.88 Å². The molecule has 0 aromatic heterocycles. The van der Waals surface area contributed by atoms with Crippen LogP contribution in [0.2, 0.25) is 0 Å². The fourth-order valence-electron chi connectivity index (χ4n) is 1.16. The molecule has 1 fully saturated rings. The van der Waals surface area contributed by atoms with Crippen LogP contribution in [0.15, 0.2) is 0 Å². The maximum absolute atomic E-state index is 10.4. The van der Waals surface area contributed by atoms with Gasteiger partial charge in [0.05, 0.1) is 6.10 Å². The van der Waals surface area contributed by atoms with E-state index in [0.29, 0.717) is 5.92 Å². The molecule has 11 heavy (non-hydrogen) atoms. The van der Waals surface area contributed by atoms with Crippen molar-refractivity contribution < 1.29 is 13.2 Å².